The minimum atomic E-state index is 0.482. The van der Waals surface area contributed by atoms with Crippen molar-refractivity contribution in [2.24, 2.45) is 0 Å². The first-order chi connectivity index (χ1) is 17.0. The van der Waals surface area contributed by atoms with Crippen molar-refractivity contribution in [1.29, 1.82) is 0 Å². The fourth-order valence-electron chi connectivity index (χ4n) is 5.02. The quantitative estimate of drug-likeness (QED) is 0.393. The number of nitrogen functional groups attached to an aromatic ring is 1. The molecule has 1 saturated heterocycles. The number of anilines is 1. The largest absolute Gasteiger partial charge is 0.495 e. The lowest BCUT2D eigenvalue weighted by Crippen LogP contribution is -2.45. The van der Waals surface area contributed by atoms with Crippen LogP contribution in [0.3, 0.4) is 0 Å². The molecule has 0 unspecified atom stereocenters. The molecule has 0 aliphatic carbocycles. The molecule has 0 spiro atoms. The van der Waals surface area contributed by atoms with Gasteiger partial charge in [0, 0.05) is 55.3 Å². The number of benzene rings is 1. The Morgan fingerprint density at radius 2 is 1.86 bits per heavy atom. The van der Waals surface area contributed by atoms with E-state index in [1.807, 2.05) is 11.4 Å². The molecule has 0 atom stereocenters. The maximum atomic E-state index is 6.50. The Morgan fingerprint density at radius 3 is 2.57 bits per heavy atom. The third-order valence-corrected chi connectivity index (χ3v) is 8.07. The van der Waals surface area contributed by atoms with E-state index in [0.29, 0.717) is 19.0 Å². The molecule has 1 fully saturated rings. The number of likely N-dealkylation sites (N-methyl/N-ethyl adjacent to an activating group) is 1. The number of thiophene rings is 1. The summed E-state index contributed by atoms with van der Waals surface area (Å²) in [6.45, 7) is 13.6. The van der Waals surface area contributed by atoms with Crippen LogP contribution in [0.4, 0.5) is 5.82 Å². The monoisotopic (exact) mass is 494 g/mol. The van der Waals surface area contributed by atoms with Crippen molar-refractivity contribution in [3.05, 3.63) is 41.3 Å². The van der Waals surface area contributed by atoms with Crippen LogP contribution in [0.1, 0.15) is 30.7 Å². The van der Waals surface area contributed by atoms with E-state index in [2.05, 4.69) is 51.9 Å². The van der Waals surface area contributed by atoms with Crippen LogP contribution < -0.4 is 10.5 Å². The Bertz CT molecular complexity index is 1340. The van der Waals surface area contributed by atoms with Crippen molar-refractivity contribution in [2.45, 2.75) is 33.9 Å². The molecule has 1 aliphatic rings. The molecule has 0 saturated carbocycles. The zero-order valence-corrected chi connectivity index (χ0v) is 21.8. The average Bonchev–Trinajstić information content (AvgIpc) is 3.42. The Hall–Kier alpha value is -2.72. The highest BCUT2D eigenvalue weighted by Crippen LogP contribution is 2.44. The lowest BCUT2D eigenvalue weighted by atomic mass is 10.1. The van der Waals surface area contributed by atoms with Crippen molar-refractivity contribution in [2.75, 3.05) is 52.2 Å². The van der Waals surface area contributed by atoms with E-state index in [1.54, 1.807) is 24.8 Å². The van der Waals surface area contributed by atoms with Gasteiger partial charge in [0.15, 0.2) is 5.82 Å². The molecule has 3 aromatic heterocycles. The summed E-state index contributed by atoms with van der Waals surface area (Å²) in [5, 5.41) is 5.83. The van der Waals surface area contributed by atoms with E-state index in [4.69, 9.17) is 15.2 Å². The third kappa shape index (κ3) is 4.49. The molecule has 186 valence electrons. The SMILES string of the molecule is CCOCc1c(-c2cc3cc(C)cc(OC)c3s2)c2c(N)ncnn2c1CN1CCN(CC)CC1. The van der Waals surface area contributed by atoms with Gasteiger partial charge in [-0.15, -0.1) is 11.3 Å². The first-order valence-corrected chi connectivity index (χ1v) is 13.1. The Kier molecular flexibility index (Phi) is 6.93. The molecule has 0 amide bonds. The van der Waals surface area contributed by atoms with Gasteiger partial charge in [-0.1, -0.05) is 13.0 Å². The van der Waals surface area contributed by atoms with Gasteiger partial charge in [0.25, 0.3) is 0 Å². The van der Waals surface area contributed by atoms with Gasteiger partial charge in [0.1, 0.15) is 17.6 Å². The Morgan fingerprint density at radius 1 is 1.09 bits per heavy atom. The summed E-state index contributed by atoms with van der Waals surface area (Å²) in [6, 6.07) is 6.52. The fraction of sp³-hybridized carbons (Fsp3) is 0.462. The van der Waals surface area contributed by atoms with Crippen LogP contribution >= 0.6 is 11.3 Å². The lowest BCUT2D eigenvalue weighted by Gasteiger charge is -2.34. The summed E-state index contributed by atoms with van der Waals surface area (Å²) < 4.78 is 14.8. The van der Waals surface area contributed by atoms with Crippen LogP contribution in [0.25, 0.3) is 26.0 Å². The van der Waals surface area contributed by atoms with Crippen LogP contribution in [0.15, 0.2) is 24.5 Å². The highest BCUT2D eigenvalue weighted by molar-refractivity contribution is 7.22. The summed E-state index contributed by atoms with van der Waals surface area (Å²) in [7, 11) is 1.73. The second-order valence-electron chi connectivity index (χ2n) is 9.05. The van der Waals surface area contributed by atoms with Crippen LogP contribution in [0, 0.1) is 6.92 Å². The zero-order chi connectivity index (χ0) is 24.5. The molecule has 35 heavy (non-hydrogen) atoms. The number of ether oxygens (including phenoxy) is 2. The number of nitrogens with zero attached hydrogens (tertiary/aromatic N) is 5. The van der Waals surface area contributed by atoms with Crippen molar-refractivity contribution < 1.29 is 9.47 Å². The van der Waals surface area contributed by atoms with Crippen molar-refractivity contribution in [3.63, 3.8) is 0 Å². The molecular weight excluding hydrogens is 460 g/mol. The van der Waals surface area contributed by atoms with E-state index in [0.717, 1.165) is 82.3 Å². The molecule has 8 nitrogen and oxygen atoms in total. The molecule has 0 radical (unpaired) electrons. The molecule has 4 heterocycles. The first kappa shape index (κ1) is 24.0. The predicted molar refractivity (Wildman–Crippen MR) is 142 cm³/mol. The van der Waals surface area contributed by atoms with Crippen LogP contribution in [0.5, 0.6) is 5.75 Å². The maximum absolute atomic E-state index is 6.50. The molecule has 1 aliphatic heterocycles. The third-order valence-electron chi connectivity index (χ3n) is 6.89. The summed E-state index contributed by atoms with van der Waals surface area (Å²) >= 11 is 1.72. The number of piperazine rings is 1. The van der Waals surface area contributed by atoms with E-state index in [9.17, 15) is 0 Å². The van der Waals surface area contributed by atoms with Gasteiger partial charge in [0.05, 0.1) is 24.1 Å². The molecular formula is C26H34N6O2S. The van der Waals surface area contributed by atoms with Gasteiger partial charge >= 0.3 is 0 Å². The number of aromatic nitrogens is 3. The lowest BCUT2D eigenvalue weighted by molar-refractivity contribution is 0.122. The number of hydrogen-bond acceptors (Lipinski definition) is 8. The van der Waals surface area contributed by atoms with Gasteiger partial charge in [-0.05, 0) is 43.5 Å². The normalized spacial score (nSPS) is 15.4. The average molecular weight is 495 g/mol. The highest BCUT2D eigenvalue weighted by Gasteiger charge is 2.27. The number of methoxy groups -OCH3 is 1. The molecule has 4 aromatic rings. The van der Waals surface area contributed by atoms with E-state index < -0.39 is 0 Å². The van der Waals surface area contributed by atoms with E-state index in [1.165, 1.54) is 5.56 Å². The predicted octanol–water partition coefficient (Wildman–Crippen LogP) is 4.18. The topological polar surface area (TPSA) is 81.1 Å². The first-order valence-electron chi connectivity index (χ1n) is 12.3. The smallest absolute Gasteiger partial charge is 0.152 e. The minimum absolute atomic E-state index is 0.482. The fourth-order valence-corrected chi connectivity index (χ4v) is 6.23. The molecule has 2 N–H and O–H groups in total. The van der Waals surface area contributed by atoms with Crippen LogP contribution in [0.2, 0.25) is 0 Å². The second-order valence-corrected chi connectivity index (χ2v) is 10.1. The molecule has 9 heteroatoms. The number of aryl methyl sites for hydroxylation is 1. The molecule has 5 rings (SSSR count). The standard InChI is InChI=1S/C26H34N6O2S/c1-5-30-7-9-31(10-8-30)14-20-19(15-34-6-2)23(24-26(27)28-16-29-32(20)24)22-13-18-11-17(3)12-21(33-4)25(18)35-22/h11-13,16H,5-10,14-15H2,1-4H3,(H2,27,28,29). The maximum Gasteiger partial charge on any atom is 0.152 e. The van der Waals surface area contributed by atoms with Crippen molar-refractivity contribution in [3.8, 4) is 16.2 Å². The Balaban J connectivity index is 1.68. The summed E-state index contributed by atoms with van der Waals surface area (Å²) in [6.07, 6.45) is 1.55. The van der Waals surface area contributed by atoms with Crippen LogP contribution in [-0.2, 0) is 17.9 Å². The zero-order valence-electron chi connectivity index (χ0n) is 21.0. The minimum Gasteiger partial charge on any atom is -0.495 e. The van der Waals surface area contributed by atoms with Gasteiger partial charge in [-0.2, -0.15) is 5.10 Å². The summed E-state index contributed by atoms with van der Waals surface area (Å²) in [5.74, 6) is 1.37. The number of fused-ring (bicyclic) bond motifs is 2. The number of rotatable bonds is 8. The van der Waals surface area contributed by atoms with Crippen LogP contribution in [-0.4, -0.2) is 70.8 Å². The van der Waals surface area contributed by atoms with Crippen molar-refractivity contribution >= 4 is 32.8 Å². The van der Waals surface area contributed by atoms with E-state index in [-0.39, 0.29) is 0 Å². The number of nitrogens with two attached hydrogens (primary N) is 1. The van der Waals surface area contributed by atoms with Gasteiger partial charge in [-0.25, -0.2) is 9.50 Å². The van der Waals surface area contributed by atoms with Crippen molar-refractivity contribution in [1.82, 2.24) is 24.4 Å². The van der Waals surface area contributed by atoms with Gasteiger partial charge in [-0.3, -0.25) is 4.90 Å². The van der Waals surface area contributed by atoms with Gasteiger partial charge < -0.3 is 20.1 Å². The Labute approximate surface area is 210 Å². The molecule has 0 bridgehead atoms. The summed E-state index contributed by atoms with van der Waals surface area (Å²) in [5.41, 5.74) is 11.9. The van der Waals surface area contributed by atoms with E-state index >= 15 is 0 Å². The number of hydrogen-bond donors (Lipinski definition) is 1. The van der Waals surface area contributed by atoms with Gasteiger partial charge in [0.2, 0.25) is 0 Å². The second kappa shape index (κ2) is 10.1. The highest BCUT2D eigenvalue weighted by atomic mass is 32.1. The summed E-state index contributed by atoms with van der Waals surface area (Å²) in [4.78, 5) is 10.5. The molecule has 1 aromatic carbocycles.